The van der Waals surface area contributed by atoms with Gasteiger partial charge in [-0.3, -0.25) is 9.59 Å². The van der Waals surface area contributed by atoms with Gasteiger partial charge in [0.25, 0.3) is 0 Å². The van der Waals surface area contributed by atoms with Crippen LogP contribution in [0.15, 0.2) is 70.9 Å². The van der Waals surface area contributed by atoms with Crippen molar-refractivity contribution in [1.82, 2.24) is 5.32 Å². The largest absolute Gasteiger partial charge is 0.492 e. The van der Waals surface area contributed by atoms with E-state index >= 15 is 0 Å². The molecule has 1 atom stereocenters. The van der Waals surface area contributed by atoms with Crippen molar-refractivity contribution in [2.24, 2.45) is 0 Å². The summed E-state index contributed by atoms with van der Waals surface area (Å²) < 4.78 is 48.6. The fourth-order valence-electron chi connectivity index (χ4n) is 4.74. The minimum absolute atomic E-state index is 0.0782. The average molecular weight is 566 g/mol. The molecule has 0 unspecified atom stereocenters. The lowest BCUT2D eigenvalue weighted by molar-refractivity contribution is -0.119. The molecule has 1 amide bonds. The second-order valence-corrected chi connectivity index (χ2v) is 10.8. The molecule has 0 aromatic heterocycles. The van der Waals surface area contributed by atoms with Gasteiger partial charge in [0.05, 0.1) is 20.3 Å². The molecule has 0 fully saturated rings. The predicted molar refractivity (Wildman–Crippen MR) is 151 cm³/mol. The van der Waals surface area contributed by atoms with E-state index in [-0.39, 0.29) is 23.2 Å². The fourth-order valence-corrected chi connectivity index (χ4v) is 5.68. The van der Waals surface area contributed by atoms with E-state index in [1.165, 1.54) is 45.4 Å². The first-order chi connectivity index (χ1) is 19.1. The van der Waals surface area contributed by atoms with Crippen molar-refractivity contribution >= 4 is 16.0 Å². The fraction of sp³-hybridized carbons (Fsp3) is 0.267. The third-order valence-corrected chi connectivity index (χ3v) is 7.77. The third kappa shape index (κ3) is 5.81. The summed E-state index contributed by atoms with van der Waals surface area (Å²) in [7, 11) is -1.30. The summed E-state index contributed by atoms with van der Waals surface area (Å²) in [5, 5.41) is 2.91. The average Bonchev–Trinajstić information content (AvgIpc) is 3.15. The highest BCUT2D eigenvalue weighted by Gasteiger charge is 2.30. The van der Waals surface area contributed by atoms with Crippen molar-refractivity contribution in [2.75, 3.05) is 20.8 Å². The lowest BCUT2D eigenvalue weighted by Gasteiger charge is -2.20. The molecule has 40 heavy (non-hydrogen) atoms. The Labute approximate surface area is 233 Å². The second-order valence-electron chi connectivity index (χ2n) is 9.29. The van der Waals surface area contributed by atoms with Crippen LogP contribution in [0.3, 0.4) is 0 Å². The highest BCUT2D eigenvalue weighted by atomic mass is 32.2. The number of amides is 1. The van der Waals surface area contributed by atoms with E-state index in [1.807, 2.05) is 13.0 Å². The number of methoxy groups -OCH3 is 2. The molecule has 3 aromatic carbocycles. The summed E-state index contributed by atoms with van der Waals surface area (Å²) in [6.07, 6.45) is 2.59. The van der Waals surface area contributed by atoms with Crippen LogP contribution in [0, 0.1) is 6.92 Å². The minimum Gasteiger partial charge on any atom is -0.492 e. The van der Waals surface area contributed by atoms with E-state index in [4.69, 9.17) is 18.4 Å². The number of fused-ring (bicyclic) bond motifs is 3. The lowest BCUT2D eigenvalue weighted by atomic mass is 9.95. The summed E-state index contributed by atoms with van der Waals surface area (Å²) in [4.78, 5) is 25.4. The molecule has 10 heteroatoms. The number of rotatable bonds is 9. The van der Waals surface area contributed by atoms with Crippen LogP contribution in [0.2, 0.25) is 0 Å². The number of carbonyl (C=O) groups is 1. The number of ether oxygens (including phenoxy) is 3. The van der Waals surface area contributed by atoms with Crippen LogP contribution in [0.5, 0.6) is 23.0 Å². The van der Waals surface area contributed by atoms with Gasteiger partial charge >= 0.3 is 10.1 Å². The molecular weight excluding hydrogens is 534 g/mol. The molecule has 1 aliphatic rings. The molecule has 0 bridgehead atoms. The Morgan fingerprint density at radius 1 is 1.05 bits per heavy atom. The van der Waals surface area contributed by atoms with Gasteiger partial charge in [-0.25, -0.2) is 0 Å². The third-order valence-electron chi connectivity index (χ3n) is 6.52. The predicted octanol–water partition coefficient (Wildman–Crippen LogP) is 4.50. The number of aryl methyl sites for hydroxylation is 2. The van der Waals surface area contributed by atoms with Crippen LogP contribution < -0.4 is 29.1 Å². The molecule has 1 aliphatic carbocycles. The van der Waals surface area contributed by atoms with Gasteiger partial charge in [-0.2, -0.15) is 8.42 Å². The zero-order chi connectivity index (χ0) is 29.0. The van der Waals surface area contributed by atoms with E-state index in [0.717, 1.165) is 11.1 Å². The Balaban J connectivity index is 1.95. The highest BCUT2D eigenvalue weighted by molar-refractivity contribution is 7.87. The quantitative estimate of drug-likeness (QED) is 0.298. The van der Waals surface area contributed by atoms with Crippen molar-refractivity contribution in [3.05, 3.63) is 88.1 Å². The standard InChI is InChI=1S/C30H31NO8S/c1-6-15-38-27-16-20-9-13-24(31-19(3)32)23-17-25(33)26(39-40(34,35)21-10-7-18(2)8-11-21)14-12-22(23)28(20)30(37-5)29(27)36-4/h6-8,10-12,14,16-17,24H,1,9,13,15H2,2-5H3,(H,31,32)/t24-/m0/s1. The van der Waals surface area contributed by atoms with Gasteiger partial charge < -0.3 is 23.7 Å². The Morgan fingerprint density at radius 2 is 1.75 bits per heavy atom. The number of benzene rings is 2. The van der Waals surface area contributed by atoms with Crippen molar-refractivity contribution in [1.29, 1.82) is 0 Å². The number of nitrogens with one attached hydrogen (secondary N) is 1. The molecule has 0 radical (unpaired) electrons. The van der Waals surface area contributed by atoms with Gasteiger partial charge in [-0.05, 0) is 72.9 Å². The van der Waals surface area contributed by atoms with Crippen molar-refractivity contribution in [3.63, 3.8) is 0 Å². The zero-order valence-electron chi connectivity index (χ0n) is 22.8. The first kappa shape index (κ1) is 28.7. The summed E-state index contributed by atoms with van der Waals surface area (Å²) in [6, 6.07) is 11.6. The van der Waals surface area contributed by atoms with E-state index in [1.54, 1.807) is 24.3 Å². The molecule has 210 valence electrons. The summed E-state index contributed by atoms with van der Waals surface area (Å²) >= 11 is 0. The first-order valence-corrected chi connectivity index (χ1v) is 14.0. The molecule has 4 rings (SSSR count). The van der Waals surface area contributed by atoms with Crippen LogP contribution in [-0.4, -0.2) is 35.2 Å². The van der Waals surface area contributed by atoms with Crippen LogP contribution in [0.4, 0.5) is 0 Å². The van der Waals surface area contributed by atoms with Gasteiger partial charge in [0, 0.05) is 12.5 Å². The normalized spacial score (nSPS) is 14.2. The molecule has 3 aromatic rings. The minimum atomic E-state index is -4.28. The Hall–Kier alpha value is -4.31. The van der Waals surface area contributed by atoms with Crippen molar-refractivity contribution in [2.45, 2.75) is 37.6 Å². The Bertz CT molecular complexity index is 1610. The molecular formula is C30H31NO8S. The molecule has 1 N–H and O–H groups in total. The van der Waals surface area contributed by atoms with Gasteiger partial charge in [0.15, 0.2) is 17.2 Å². The number of hydrogen-bond donors (Lipinski definition) is 1. The molecule has 0 heterocycles. The van der Waals surface area contributed by atoms with Gasteiger partial charge in [-0.1, -0.05) is 30.4 Å². The van der Waals surface area contributed by atoms with E-state index in [0.29, 0.717) is 46.8 Å². The van der Waals surface area contributed by atoms with E-state index in [9.17, 15) is 18.0 Å². The molecule has 9 nitrogen and oxygen atoms in total. The van der Waals surface area contributed by atoms with Crippen LogP contribution in [0.1, 0.15) is 36.1 Å². The second kappa shape index (κ2) is 11.8. The van der Waals surface area contributed by atoms with Crippen LogP contribution in [-0.2, 0) is 21.3 Å². The van der Waals surface area contributed by atoms with Gasteiger partial charge in [-0.15, -0.1) is 0 Å². The van der Waals surface area contributed by atoms with Gasteiger partial charge in [0.2, 0.25) is 17.1 Å². The number of hydrogen-bond acceptors (Lipinski definition) is 8. The number of carbonyl (C=O) groups excluding carboxylic acids is 1. The molecule has 0 aliphatic heterocycles. The van der Waals surface area contributed by atoms with Crippen LogP contribution in [0.25, 0.3) is 11.1 Å². The zero-order valence-corrected chi connectivity index (χ0v) is 23.6. The summed E-state index contributed by atoms with van der Waals surface area (Å²) in [6.45, 7) is 7.16. The van der Waals surface area contributed by atoms with Gasteiger partial charge in [0.1, 0.15) is 11.5 Å². The maximum Gasteiger partial charge on any atom is 0.339 e. The first-order valence-electron chi connectivity index (χ1n) is 12.6. The maximum atomic E-state index is 13.4. The van der Waals surface area contributed by atoms with E-state index in [2.05, 4.69) is 11.9 Å². The summed E-state index contributed by atoms with van der Waals surface area (Å²) in [5.74, 6) is 0.513. The smallest absolute Gasteiger partial charge is 0.339 e. The Kier molecular flexibility index (Phi) is 8.49. The van der Waals surface area contributed by atoms with Crippen molar-refractivity contribution < 1.29 is 31.6 Å². The van der Waals surface area contributed by atoms with Crippen LogP contribution >= 0.6 is 0 Å². The monoisotopic (exact) mass is 565 g/mol. The lowest BCUT2D eigenvalue weighted by Crippen LogP contribution is -2.26. The highest BCUT2D eigenvalue weighted by Crippen LogP contribution is 2.50. The Morgan fingerprint density at radius 3 is 2.38 bits per heavy atom. The molecule has 0 saturated heterocycles. The molecule has 0 spiro atoms. The SMILES string of the molecule is C=CCOc1cc2c(c(OC)c1OC)-c1ccc(OS(=O)(=O)c3ccc(C)cc3)c(=O)cc1[C@@H](NC(C)=O)CC2. The summed E-state index contributed by atoms with van der Waals surface area (Å²) in [5.41, 5.74) is 2.73. The molecule has 0 saturated carbocycles. The van der Waals surface area contributed by atoms with E-state index < -0.39 is 21.6 Å². The van der Waals surface area contributed by atoms with Crippen molar-refractivity contribution in [3.8, 4) is 34.1 Å². The topological polar surface area (TPSA) is 117 Å². The maximum absolute atomic E-state index is 13.4.